The second-order valence-electron chi connectivity index (χ2n) is 8.50. The number of aromatic carboxylic acids is 2. The van der Waals surface area contributed by atoms with Crippen LogP contribution in [0.25, 0.3) is 0 Å². The minimum absolute atomic E-state index is 0.0694. The van der Waals surface area contributed by atoms with Crippen LogP contribution >= 0.6 is 0 Å². The zero-order valence-corrected chi connectivity index (χ0v) is 21.9. The molecule has 0 radical (unpaired) electrons. The van der Waals surface area contributed by atoms with Crippen LogP contribution in [0.3, 0.4) is 0 Å². The maximum atomic E-state index is 10.4. The first-order chi connectivity index (χ1) is 16.6. The molecule has 0 bridgehead atoms. The Labute approximate surface area is 210 Å². The van der Waals surface area contributed by atoms with Gasteiger partial charge in [0.1, 0.15) is 0 Å². The average Bonchev–Trinajstić information content (AvgIpc) is 2.85. The fourth-order valence-electron chi connectivity index (χ4n) is 3.59. The zero-order chi connectivity index (χ0) is 26.8. The van der Waals surface area contributed by atoms with E-state index in [0.717, 1.165) is 56.1 Å². The molecule has 0 spiro atoms. The highest BCUT2D eigenvalue weighted by Crippen LogP contribution is 2.20. The number of carbonyl (C=O) groups is 2. The molecule has 0 aliphatic carbocycles. The summed E-state index contributed by atoms with van der Waals surface area (Å²) in [6.45, 7) is 10.2. The molecule has 0 saturated carbocycles. The third-order valence-electron chi connectivity index (χ3n) is 5.85. The van der Waals surface area contributed by atoms with Crippen LogP contribution in [0.1, 0.15) is 98.6 Å². The molecule has 0 saturated heterocycles. The van der Waals surface area contributed by atoms with Gasteiger partial charge in [-0.15, -0.1) is 0 Å². The predicted octanol–water partition coefficient (Wildman–Crippen LogP) is 6.23. The van der Waals surface area contributed by atoms with Gasteiger partial charge in [0.05, 0.1) is 23.3 Å². The summed E-state index contributed by atoms with van der Waals surface area (Å²) in [4.78, 5) is 20.8. The molecular formula is C29H44O6. The van der Waals surface area contributed by atoms with Gasteiger partial charge in [-0.2, -0.15) is 0 Å². The summed E-state index contributed by atoms with van der Waals surface area (Å²) in [5.41, 5.74) is 3.02. The van der Waals surface area contributed by atoms with Crippen LogP contribution in [-0.2, 0) is 12.8 Å². The van der Waals surface area contributed by atoms with Crippen molar-refractivity contribution in [3.63, 3.8) is 0 Å². The number of rotatable bonds is 11. The van der Waals surface area contributed by atoms with Crippen LogP contribution in [0.4, 0.5) is 0 Å². The first-order valence-electron chi connectivity index (χ1n) is 12.6. The van der Waals surface area contributed by atoms with E-state index in [1.807, 2.05) is 45.0 Å². The highest BCUT2D eigenvalue weighted by atomic mass is 16.4. The van der Waals surface area contributed by atoms with Crippen molar-refractivity contribution in [1.29, 1.82) is 0 Å². The maximum Gasteiger partial charge on any atom is 0.335 e. The first kappa shape index (κ1) is 32.3. The van der Waals surface area contributed by atoms with Gasteiger partial charge in [-0.25, -0.2) is 9.59 Å². The lowest BCUT2D eigenvalue weighted by Crippen LogP contribution is -2.31. The second-order valence-corrected chi connectivity index (χ2v) is 8.50. The molecule has 0 fully saturated rings. The van der Waals surface area contributed by atoms with Crippen LogP contribution in [0, 0.1) is 5.92 Å². The highest BCUT2D eigenvalue weighted by Gasteiger charge is 2.23. The zero-order valence-electron chi connectivity index (χ0n) is 21.9. The second kappa shape index (κ2) is 18.6. The average molecular weight is 489 g/mol. The number of hydrogen-bond acceptors (Lipinski definition) is 4. The Morgan fingerprint density at radius 3 is 1.14 bits per heavy atom. The van der Waals surface area contributed by atoms with Gasteiger partial charge in [-0.3, -0.25) is 0 Å². The monoisotopic (exact) mass is 488 g/mol. The molecular weight excluding hydrogens is 444 g/mol. The largest absolute Gasteiger partial charge is 0.478 e. The molecule has 2 aromatic carbocycles. The van der Waals surface area contributed by atoms with E-state index >= 15 is 0 Å². The Hall–Kier alpha value is -2.70. The van der Waals surface area contributed by atoms with Crippen LogP contribution in [0.15, 0.2) is 48.5 Å². The van der Waals surface area contributed by atoms with Gasteiger partial charge >= 0.3 is 11.9 Å². The van der Waals surface area contributed by atoms with Gasteiger partial charge < -0.3 is 20.4 Å². The fourth-order valence-corrected chi connectivity index (χ4v) is 3.59. The lowest BCUT2D eigenvalue weighted by atomic mass is 9.88. The molecule has 2 rings (SSSR count). The number of carboxylic acids is 2. The Kier molecular flexibility index (Phi) is 17.2. The van der Waals surface area contributed by atoms with Crippen molar-refractivity contribution in [2.75, 3.05) is 0 Å². The van der Waals surface area contributed by atoms with Gasteiger partial charge in [-0.1, -0.05) is 71.7 Å². The van der Waals surface area contributed by atoms with Crippen molar-refractivity contribution < 1.29 is 30.0 Å². The van der Waals surface area contributed by atoms with E-state index in [9.17, 15) is 19.8 Å². The molecule has 6 heteroatoms. The van der Waals surface area contributed by atoms with Crippen molar-refractivity contribution in [2.45, 2.75) is 91.8 Å². The summed E-state index contributed by atoms with van der Waals surface area (Å²) in [5, 5.41) is 36.6. The van der Waals surface area contributed by atoms with Crippen molar-refractivity contribution >= 4 is 11.9 Å². The number of aliphatic hydroxyl groups is 2. The van der Waals surface area contributed by atoms with Gasteiger partial charge in [0.25, 0.3) is 0 Å². The van der Waals surface area contributed by atoms with Crippen LogP contribution < -0.4 is 0 Å². The molecule has 2 atom stereocenters. The van der Waals surface area contributed by atoms with Gasteiger partial charge in [-0.05, 0) is 67.5 Å². The quantitative estimate of drug-likeness (QED) is 0.298. The lowest BCUT2D eigenvalue weighted by Gasteiger charge is -2.26. The third-order valence-corrected chi connectivity index (χ3v) is 5.85. The van der Waals surface area contributed by atoms with Gasteiger partial charge in [0, 0.05) is 5.92 Å². The number of hydrogen-bond donors (Lipinski definition) is 4. The summed E-state index contributed by atoms with van der Waals surface area (Å²) in [7, 11) is 0. The molecule has 0 aliphatic heterocycles. The summed E-state index contributed by atoms with van der Waals surface area (Å²) in [6.07, 6.45) is 5.68. The summed E-state index contributed by atoms with van der Waals surface area (Å²) >= 11 is 0. The Morgan fingerprint density at radius 2 is 0.943 bits per heavy atom. The maximum absolute atomic E-state index is 10.4. The Balaban J connectivity index is 0.000000497. The van der Waals surface area contributed by atoms with E-state index in [2.05, 4.69) is 13.8 Å². The minimum atomic E-state index is -0.868. The molecule has 0 aromatic heterocycles. The SMILES string of the molecule is CCCC(O)C(CC)C(O)CCC.CCc1ccc(C(=O)O)cc1.CCc1ccc(C(=O)O)cc1. The van der Waals surface area contributed by atoms with Crippen molar-refractivity contribution in [3.8, 4) is 0 Å². The van der Waals surface area contributed by atoms with Crippen molar-refractivity contribution in [1.82, 2.24) is 0 Å². The normalized spacial score (nSPS) is 12.8. The molecule has 0 amide bonds. The van der Waals surface area contributed by atoms with Crippen molar-refractivity contribution in [2.24, 2.45) is 5.92 Å². The summed E-state index contributed by atoms with van der Waals surface area (Å²) in [6, 6.07) is 13.9. The van der Waals surface area contributed by atoms with E-state index in [1.165, 1.54) is 0 Å². The molecule has 0 aliphatic rings. The number of carboxylic acid groups (broad SMARTS) is 2. The van der Waals surface area contributed by atoms with Crippen molar-refractivity contribution in [3.05, 3.63) is 70.8 Å². The van der Waals surface area contributed by atoms with E-state index in [4.69, 9.17) is 10.2 Å². The highest BCUT2D eigenvalue weighted by molar-refractivity contribution is 5.87. The van der Waals surface area contributed by atoms with Gasteiger partial charge in [0.15, 0.2) is 0 Å². The number of aryl methyl sites for hydroxylation is 2. The standard InChI is InChI=1S/C11H24O2.2C9H10O2/c1-4-7-10(12)9(6-3)11(13)8-5-2;2*1-2-7-3-5-8(6-4-7)9(10)11/h9-13H,4-8H2,1-3H3;2*3-6H,2H2,1H3,(H,10,11). The molecule has 6 nitrogen and oxygen atoms in total. The van der Waals surface area contributed by atoms with E-state index in [0.29, 0.717) is 11.1 Å². The lowest BCUT2D eigenvalue weighted by molar-refractivity contribution is 0.00198. The van der Waals surface area contributed by atoms with Crippen LogP contribution in [0.5, 0.6) is 0 Å². The predicted molar refractivity (Wildman–Crippen MR) is 141 cm³/mol. The summed E-state index contributed by atoms with van der Waals surface area (Å²) in [5.74, 6) is -1.67. The van der Waals surface area contributed by atoms with Gasteiger partial charge in [0.2, 0.25) is 0 Å². The number of benzene rings is 2. The molecule has 4 N–H and O–H groups in total. The molecule has 0 heterocycles. The molecule has 196 valence electrons. The Morgan fingerprint density at radius 1 is 0.629 bits per heavy atom. The van der Waals surface area contributed by atoms with Crippen LogP contribution in [-0.4, -0.2) is 44.6 Å². The molecule has 2 unspecified atom stereocenters. The topological polar surface area (TPSA) is 115 Å². The van der Waals surface area contributed by atoms with E-state index < -0.39 is 11.9 Å². The number of aliphatic hydroxyl groups excluding tert-OH is 2. The third kappa shape index (κ3) is 13.1. The minimum Gasteiger partial charge on any atom is -0.478 e. The first-order valence-corrected chi connectivity index (χ1v) is 12.6. The van der Waals surface area contributed by atoms with E-state index in [1.54, 1.807) is 24.3 Å². The Bertz CT molecular complexity index is 760. The fraction of sp³-hybridized carbons (Fsp3) is 0.517. The van der Waals surface area contributed by atoms with Crippen LogP contribution in [0.2, 0.25) is 0 Å². The molecule has 2 aromatic rings. The smallest absolute Gasteiger partial charge is 0.335 e. The van der Waals surface area contributed by atoms with E-state index in [-0.39, 0.29) is 18.1 Å². The summed E-state index contributed by atoms with van der Waals surface area (Å²) < 4.78 is 0. The molecule has 35 heavy (non-hydrogen) atoms.